The van der Waals surface area contributed by atoms with Crippen molar-refractivity contribution in [2.75, 3.05) is 13.2 Å². The number of sulfonamides is 1. The molecule has 5 rings (SSSR count). The Balaban J connectivity index is 1.14. The van der Waals surface area contributed by atoms with Crippen molar-refractivity contribution in [1.29, 1.82) is 0 Å². The molecule has 1 aliphatic carbocycles. The molecule has 2 fully saturated rings. The molecule has 0 spiro atoms. The summed E-state index contributed by atoms with van der Waals surface area (Å²) >= 11 is 0. The molecule has 2 aliphatic rings. The predicted molar refractivity (Wildman–Crippen MR) is 130 cm³/mol. The molecule has 1 atom stereocenters. The van der Waals surface area contributed by atoms with Crippen LogP contribution in [0.4, 0.5) is 0 Å². The van der Waals surface area contributed by atoms with Gasteiger partial charge in [-0.2, -0.15) is 0 Å². The average molecular weight is 480 g/mol. The second-order valence-corrected chi connectivity index (χ2v) is 10.7. The fraction of sp³-hybridized carbons (Fsp3) is 0.385. The molecule has 0 amide bonds. The maximum Gasteiger partial charge on any atom is 0.254 e. The van der Waals surface area contributed by atoms with Gasteiger partial charge in [-0.25, -0.2) is 13.4 Å². The van der Waals surface area contributed by atoms with Crippen molar-refractivity contribution in [2.24, 2.45) is 5.92 Å². The van der Waals surface area contributed by atoms with E-state index in [9.17, 15) is 13.2 Å². The minimum absolute atomic E-state index is 0.130. The van der Waals surface area contributed by atoms with Gasteiger partial charge in [0.05, 0.1) is 11.5 Å². The molecule has 178 valence electrons. The van der Waals surface area contributed by atoms with Crippen LogP contribution in [0.2, 0.25) is 0 Å². The first-order valence-corrected chi connectivity index (χ1v) is 13.4. The van der Waals surface area contributed by atoms with E-state index >= 15 is 0 Å². The molecule has 34 heavy (non-hydrogen) atoms. The van der Waals surface area contributed by atoms with Crippen LogP contribution in [0.3, 0.4) is 0 Å². The smallest absolute Gasteiger partial charge is 0.254 e. The number of benzene rings is 2. The summed E-state index contributed by atoms with van der Waals surface area (Å²) < 4.78 is 32.2. The van der Waals surface area contributed by atoms with E-state index in [4.69, 9.17) is 4.74 Å². The highest BCUT2D eigenvalue weighted by molar-refractivity contribution is 7.89. The molecule has 1 aliphatic heterocycles. The van der Waals surface area contributed by atoms with Crippen LogP contribution in [0.5, 0.6) is 5.75 Å². The number of ketones is 1. The zero-order valence-corrected chi connectivity index (χ0v) is 19.8. The highest BCUT2D eigenvalue weighted by atomic mass is 32.2. The number of fused-ring (bicyclic) bond motifs is 1. The van der Waals surface area contributed by atoms with Gasteiger partial charge < -0.3 is 4.74 Å². The van der Waals surface area contributed by atoms with Crippen LogP contribution in [-0.4, -0.2) is 43.4 Å². The van der Waals surface area contributed by atoms with Crippen molar-refractivity contribution in [3.8, 4) is 5.75 Å². The average Bonchev–Trinajstić information content (AvgIpc) is 3.62. The van der Waals surface area contributed by atoms with Gasteiger partial charge in [0.25, 0.3) is 10.0 Å². The summed E-state index contributed by atoms with van der Waals surface area (Å²) in [6.07, 6.45) is 8.79. The van der Waals surface area contributed by atoms with Gasteiger partial charge in [0.15, 0.2) is 5.78 Å². The number of nitrogens with zero attached hydrogens (tertiary/aromatic N) is 2. The molecule has 2 aromatic carbocycles. The van der Waals surface area contributed by atoms with E-state index < -0.39 is 10.0 Å². The van der Waals surface area contributed by atoms with Crippen LogP contribution in [-0.2, 0) is 10.0 Å². The molecule has 0 bridgehead atoms. The van der Waals surface area contributed by atoms with Gasteiger partial charge in [0, 0.05) is 41.8 Å². The second-order valence-electron chi connectivity index (χ2n) is 9.09. The van der Waals surface area contributed by atoms with E-state index in [-0.39, 0.29) is 22.6 Å². The largest absolute Gasteiger partial charge is 0.494 e. The Kier molecular flexibility index (Phi) is 6.63. The van der Waals surface area contributed by atoms with E-state index in [1.54, 1.807) is 24.5 Å². The van der Waals surface area contributed by atoms with Gasteiger partial charge in [-0.15, -0.1) is 4.83 Å². The molecule has 0 unspecified atom stereocenters. The van der Waals surface area contributed by atoms with Crippen molar-refractivity contribution >= 4 is 26.6 Å². The van der Waals surface area contributed by atoms with E-state index in [1.165, 1.54) is 0 Å². The molecule has 8 heteroatoms. The third kappa shape index (κ3) is 5.14. The second kappa shape index (κ2) is 9.82. The Morgan fingerprint density at radius 2 is 1.91 bits per heavy atom. The van der Waals surface area contributed by atoms with Crippen molar-refractivity contribution in [1.82, 2.24) is 14.8 Å². The number of hydrogen-bond acceptors (Lipinski definition) is 6. The zero-order valence-electron chi connectivity index (χ0n) is 19.0. The van der Waals surface area contributed by atoms with Crippen molar-refractivity contribution in [3.05, 3.63) is 66.5 Å². The maximum atomic E-state index is 13.2. The molecule has 1 aromatic heterocycles. The van der Waals surface area contributed by atoms with Crippen LogP contribution in [0.15, 0.2) is 65.8 Å². The van der Waals surface area contributed by atoms with E-state index in [0.717, 1.165) is 55.2 Å². The number of nitrogens with one attached hydrogen (secondary N) is 1. The highest BCUT2D eigenvalue weighted by Crippen LogP contribution is 2.33. The van der Waals surface area contributed by atoms with Gasteiger partial charge in [0.2, 0.25) is 0 Å². The Morgan fingerprint density at radius 1 is 1.09 bits per heavy atom. The molecular weight excluding hydrogens is 450 g/mol. The van der Waals surface area contributed by atoms with Gasteiger partial charge >= 0.3 is 0 Å². The van der Waals surface area contributed by atoms with Crippen LogP contribution in [0.25, 0.3) is 10.8 Å². The number of pyridine rings is 1. The lowest BCUT2D eigenvalue weighted by Crippen LogP contribution is -2.45. The minimum atomic E-state index is -3.71. The SMILES string of the molecule is O=C(c1ccc(OCCC[C@H]2CCCN2NS(=O)(=O)c2cccc3ccncc23)cc1)C1CC1. The molecule has 1 saturated carbocycles. The minimum Gasteiger partial charge on any atom is -0.494 e. The first-order chi connectivity index (χ1) is 16.5. The van der Waals surface area contributed by atoms with Crippen molar-refractivity contribution in [3.63, 3.8) is 0 Å². The van der Waals surface area contributed by atoms with E-state index in [2.05, 4.69) is 9.82 Å². The molecular formula is C26H29N3O4S. The quantitative estimate of drug-likeness (QED) is 0.344. The molecule has 7 nitrogen and oxygen atoms in total. The van der Waals surface area contributed by atoms with Gasteiger partial charge in [0.1, 0.15) is 5.75 Å². The number of rotatable bonds is 10. The highest BCUT2D eigenvalue weighted by Gasteiger charge is 2.31. The monoisotopic (exact) mass is 479 g/mol. The van der Waals surface area contributed by atoms with E-state index in [1.807, 2.05) is 41.4 Å². The topological polar surface area (TPSA) is 88.6 Å². The third-order valence-corrected chi connectivity index (χ3v) is 8.00. The fourth-order valence-corrected chi connectivity index (χ4v) is 5.95. The number of hydrogen-bond donors (Lipinski definition) is 1. The molecule has 1 N–H and O–H groups in total. The normalized spacial score (nSPS) is 18.9. The molecule has 3 aromatic rings. The lowest BCUT2D eigenvalue weighted by Gasteiger charge is -2.25. The summed E-state index contributed by atoms with van der Waals surface area (Å²) in [5.74, 6) is 1.20. The summed E-state index contributed by atoms with van der Waals surface area (Å²) in [6.45, 7) is 1.23. The van der Waals surface area contributed by atoms with Gasteiger partial charge in [-0.05, 0) is 80.3 Å². The Bertz CT molecular complexity index is 1270. The summed E-state index contributed by atoms with van der Waals surface area (Å²) in [7, 11) is -3.71. The predicted octanol–water partition coefficient (Wildman–Crippen LogP) is 4.34. The number of carbonyl (C=O) groups is 1. The fourth-order valence-electron chi connectivity index (χ4n) is 4.58. The Hall–Kier alpha value is -2.81. The van der Waals surface area contributed by atoms with Crippen LogP contribution >= 0.6 is 0 Å². The lowest BCUT2D eigenvalue weighted by molar-refractivity contribution is 0.0967. The molecule has 2 heterocycles. The third-order valence-electron chi connectivity index (χ3n) is 6.59. The number of Topliss-reactive ketones (excluding diaryl/α,β-unsaturated/α-hetero) is 1. The van der Waals surface area contributed by atoms with Crippen LogP contribution in [0, 0.1) is 5.92 Å². The Labute approximate surface area is 200 Å². The first-order valence-electron chi connectivity index (χ1n) is 11.9. The number of hydrazine groups is 1. The van der Waals surface area contributed by atoms with E-state index in [0.29, 0.717) is 18.5 Å². The van der Waals surface area contributed by atoms with Gasteiger partial charge in [-0.1, -0.05) is 12.1 Å². The molecule has 0 radical (unpaired) electrons. The zero-order chi connectivity index (χ0) is 23.5. The summed E-state index contributed by atoms with van der Waals surface area (Å²) in [6, 6.07) is 14.6. The van der Waals surface area contributed by atoms with Crippen molar-refractivity contribution < 1.29 is 17.9 Å². The maximum absolute atomic E-state index is 13.2. The summed E-state index contributed by atoms with van der Waals surface area (Å²) in [5.41, 5.74) is 0.755. The van der Waals surface area contributed by atoms with Crippen LogP contribution < -0.4 is 9.57 Å². The van der Waals surface area contributed by atoms with Crippen molar-refractivity contribution in [2.45, 2.75) is 49.5 Å². The lowest BCUT2D eigenvalue weighted by atomic mass is 10.1. The Morgan fingerprint density at radius 3 is 2.71 bits per heavy atom. The molecule has 1 saturated heterocycles. The summed E-state index contributed by atoms with van der Waals surface area (Å²) in [5, 5.41) is 3.31. The number of ether oxygens (including phenoxy) is 1. The number of carbonyl (C=O) groups excluding carboxylic acids is 1. The first kappa shape index (κ1) is 23.0. The van der Waals surface area contributed by atoms with Crippen LogP contribution in [0.1, 0.15) is 48.9 Å². The van der Waals surface area contributed by atoms with Gasteiger partial charge in [-0.3, -0.25) is 9.78 Å². The summed E-state index contributed by atoms with van der Waals surface area (Å²) in [4.78, 5) is 19.3. The standard InChI is InChI=1S/C26H29N3O4S/c30-26(20-8-9-20)21-10-12-23(13-11-21)33-17-3-6-22-5-2-16-29(22)28-34(31,32)25-7-1-4-19-14-15-27-18-24(19)25/h1,4,7,10-15,18,20,22,28H,2-3,5-6,8-9,16-17H2/t22-/m1/s1. The number of aromatic nitrogens is 1.